The highest BCUT2D eigenvalue weighted by Crippen LogP contribution is 2.25. The van der Waals surface area contributed by atoms with Gasteiger partial charge in [0.05, 0.1) is 5.69 Å². The third-order valence-corrected chi connectivity index (χ3v) is 4.23. The van der Waals surface area contributed by atoms with Crippen LogP contribution in [0.25, 0.3) is 0 Å². The van der Waals surface area contributed by atoms with Crippen LogP contribution < -0.4 is 5.32 Å². The summed E-state index contributed by atoms with van der Waals surface area (Å²) in [5.74, 6) is 0.539. The molecule has 0 bridgehead atoms. The van der Waals surface area contributed by atoms with Crippen LogP contribution in [-0.4, -0.2) is 17.7 Å². The Bertz CT molecular complexity index is 785. The lowest BCUT2D eigenvalue weighted by atomic mass is 10.0. The van der Waals surface area contributed by atoms with Crippen LogP contribution in [0.2, 0.25) is 0 Å². The molecule has 134 valence electrons. The van der Waals surface area contributed by atoms with Crippen molar-refractivity contribution in [1.29, 1.82) is 0 Å². The number of benzene rings is 2. The Morgan fingerprint density at radius 2 is 1.62 bits per heavy atom. The summed E-state index contributed by atoms with van der Waals surface area (Å²) in [7, 11) is 0. The van der Waals surface area contributed by atoms with E-state index in [0.717, 1.165) is 28.1 Å². The topological polar surface area (TPSA) is 64.4 Å². The maximum atomic E-state index is 12.2. The third-order valence-electron chi connectivity index (χ3n) is 4.23. The molecule has 0 saturated heterocycles. The van der Waals surface area contributed by atoms with E-state index in [2.05, 4.69) is 10.5 Å². The van der Waals surface area contributed by atoms with Crippen molar-refractivity contribution in [3.8, 4) is 0 Å². The first kappa shape index (κ1) is 17.9. The highest BCUT2D eigenvalue weighted by molar-refractivity contribution is 5.77. The first-order valence-corrected chi connectivity index (χ1v) is 8.55. The fraction of sp³-hybridized carbons (Fsp3) is 0.238. The summed E-state index contributed by atoms with van der Waals surface area (Å²) in [5.41, 5.74) is 3.71. The molecule has 0 unspecified atom stereocenters. The zero-order chi connectivity index (χ0) is 18.4. The summed E-state index contributed by atoms with van der Waals surface area (Å²) in [6.45, 7) is 4.04. The van der Waals surface area contributed by atoms with Crippen LogP contribution in [-0.2, 0) is 16.1 Å². The molecule has 26 heavy (non-hydrogen) atoms. The lowest BCUT2D eigenvalue weighted by Gasteiger charge is -2.18. The minimum absolute atomic E-state index is 0.0299. The number of aromatic nitrogens is 1. The number of rotatable bonds is 7. The van der Waals surface area contributed by atoms with Crippen molar-refractivity contribution < 1.29 is 14.1 Å². The van der Waals surface area contributed by atoms with Crippen LogP contribution >= 0.6 is 0 Å². The monoisotopic (exact) mass is 350 g/mol. The zero-order valence-corrected chi connectivity index (χ0v) is 14.9. The molecule has 0 atom stereocenters. The number of carbonyl (C=O) groups excluding carboxylic acids is 1. The largest absolute Gasteiger partial charge is 0.361 e. The Hall–Kier alpha value is -2.92. The van der Waals surface area contributed by atoms with Gasteiger partial charge < -0.3 is 14.6 Å². The second-order valence-corrected chi connectivity index (χ2v) is 6.09. The van der Waals surface area contributed by atoms with Crippen molar-refractivity contribution in [2.45, 2.75) is 26.5 Å². The number of aryl methyl sites for hydroxylation is 2. The van der Waals surface area contributed by atoms with E-state index in [1.165, 1.54) is 0 Å². The van der Waals surface area contributed by atoms with Crippen molar-refractivity contribution in [1.82, 2.24) is 10.5 Å². The molecule has 1 amide bonds. The molecule has 3 rings (SSSR count). The lowest BCUT2D eigenvalue weighted by molar-refractivity contribution is -0.127. The van der Waals surface area contributed by atoms with Crippen LogP contribution in [0.4, 0.5) is 0 Å². The van der Waals surface area contributed by atoms with Crippen molar-refractivity contribution in [2.75, 3.05) is 6.61 Å². The minimum Gasteiger partial charge on any atom is -0.361 e. The van der Waals surface area contributed by atoms with Gasteiger partial charge in [-0.25, -0.2) is 0 Å². The molecule has 0 aliphatic rings. The van der Waals surface area contributed by atoms with Gasteiger partial charge in [0, 0.05) is 12.1 Å². The SMILES string of the molecule is Cc1noc(C)c1CNC(=O)COC(c1ccccc1)c1ccccc1. The number of nitrogens with zero attached hydrogens (tertiary/aromatic N) is 1. The lowest BCUT2D eigenvalue weighted by Crippen LogP contribution is -2.28. The van der Waals surface area contributed by atoms with Crippen molar-refractivity contribution in [3.05, 3.63) is 88.8 Å². The first-order chi connectivity index (χ1) is 12.6. The highest BCUT2D eigenvalue weighted by atomic mass is 16.5. The van der Waals surface area contributed by atoms with Gasteiger partial charge in [-0.1, -0.05) is 65.8 Å². The molecule has 0 radical (unpaired) electrons. The van der Waals surface area contributed by atoms with Gasteiger partial charge in [0.25, 0.3) is 0 Å². The quantitative estimate of drug-likeness (QED) is 0.705. The number of carbonyl (C=O) groups is 1. The molecule has 3 aromatic rings. The molecular weight excluding hydrogens is 328 g/mol. The first-order valence-electron chi connectivity index (χ1n) is 8.55. The third kappa shape index (κ3) is 4.37. The van der Waals surface area contributed by atoms with E-state index in [1.54, 1.807) is 0 Å². The Morgan fingerprint density at radius 1 is 1.04 bits per heavy atom. The van der Waals surface area contributed by atoms with Gasteiger partial charge in [0.15, 0.2) is 0 Å². The van der Waals surface area contributed by atoms with E-state index < -0.39 is 0 Å². The van der Waals surface area contributed by atoms with Crippen LogP contribution in [0.15, 0.2) is 65.2 Å². The Kier molecular flexibility index (Phi) is 5.81. The molecule has 2 aromatic carbocycles. The summed E-state index contributed by atoms with van der Waals surface area (Å²) >= 11 is 0. The number of ether oxygens (including phenoxy) is 1. The summed E-state index contributed by atoms with van der Waals surface area (Å²) in [5, 5.41) is 6.75. The van der Waals surface area contributed by atoms with Crippen molar-refractivity contribution >= 4 is 5.91 Å². The second kappa shape index (κ2) is 8.45. The smallest absolute Gasteiger partial charge is 0.246 e. The van der Waals surface area contributed by atoms with Gasteiger partial charge in [-0.05, 0) is 25.0 Å². The maximum Gasteiger partial charge on any atom is 0.246 e. The minimum atomic E-state index is -0.290. The molecule has 1 aromatic heterocycles. The van der Waals surface area contributed by atoms with Gasteiger partial charge in [0.2, 0.25) is 5.91 Å². The van der Waals surface area contributed by atoms with E-state index in [9.17, 15) is 4.79 Å². The van der Waals surface area contributed by atoms with Crippen LogP contribution in [0.1, 0.15) is 34.2 Å². The summed E-state index contributed by atoms with van der Waals surface area (Å²) < 4.78 is 11.1. The van der Waals surface area contributed by atoms with Crippen LogP contribution in [0.5, 0.6) is 0 Å². The van der Waals surface area contributed by atoms with E-state index in [-0.39, 0.29) is 18.6 Å². The van der Waals surface area contributed by atoms with Gasteiger partial charge >= 0.3 is 0 Å². The number of hydrogen-bond acceptors (Lipinski definition) is 4. The molecule has 0 aliphatic heterocycles. The normalized spacial score (nSPS) is 10.9. The second-order valence-electron chi connectivity index (χ2n) is 6.09. The molecule has 1 N–H and O–H groups in total. The number of hydrogen-bond donors (Lipinski definition) is 1. The summed E-state index contributed by atoms with van der Waals surface area (Å²) in [6.07, 6.45) is -0.290. The van der Waals surface area contributed by atoms with Gasteiger partial charge in [-0.3, -0.25) is 4.79 Å². The Labute approximate surface area is 153 Å². The molecule has 0 saturated carbocycles. The Morgan fingerprint density at radius 3 is 2.12 bits per heavy atom. The van der Waals surface area contributed by atoms with E-state index in [0.29, 0.717) is 6.54 Å². The maximum absolute atomic E-state index is 12.2. The van der Waals surface area contributed by atoms with E-state index in [1.807, 2.05) is 74.5 Å². The Balaban J connectivity index is 1.63. The predicted octanol–water partition coefficient (Wildman–Crippen LogP) is 3.71. The van der Waals surface area contributed by atoms with E-state index in [4.69, 9.17) is 9.26 Å². The molecule has 0 spiro atoms. The van der Waals surface area contributed by atoms with Gasteiger partial charge in [-0.15, -0.1) is 0 Å². The van der Waals surface area contributed by atoms with Gasteiger partial charge in [-0.2, -0.15) is 0 Å². The zero-order valence-electron chi connectivity index (χ0n) is 14.9. The molecule has 5 heteroatoms. The molecule has 5 nitrogen and oxygen atoms in total. The number of amides is 1. The fourth-order valence-electron chi connectivity index (χ4n) is 2.79. The van der Waals surface area contributed by atoms with E-state index >= 15 is 0 Å². The van der Waals surface area contributed by atoms with Gasteiger partial charge in [0.1, 0.15) is 18.5 Å². The van der Waals surface area contributed by atoms with Crippen molar-refractivity contribution in [2.24, 2.45) is 0 Å². The molecule has 1 heterocycles. The highest BCUT2D eigenvalue weighted by Gasteiger charge is 2.16. The summed E-state index contributed by atoms with van der Waals surface area (Å²) in [6, 6.07) is 19.8. The van der Waals surface area contributed by atoms with Crippen LogP contribution in [0.3, 0.4) is 0 Å². The molecule has 0 aliphatic carbocycles. The fourth-order valence-corrected chi connectivity index (χ4v) is 2.79. The molecular formula is C21H22N2O3. The average Bonchev–Trinajstić information content (AvgIpc) is 3.00. The predicted molar refractivity (Wildman–Crippen MR) is 98.5 cm³/mol. The average molecular weight is 350 g/mol. The number of nitrogens with one attached hydrogen (secondary N) is 1. The van der Waals surface area contributed by atoms with Crippen LogP contribution in [0, 0.1) is 13.8 Å². The standard InChI is InChI=1S/C21H22N2O3/c1-15-19(16(2)26-23-15)13-22-20(24)14-25-21(17-9-5-3-6-10-17)18-11-7-4-8-12-18/h3-12,21H,13-14H2,1-2H3,(H,22,24). The van der Waals surface area contributed by atoms with Crippen molar-refractivity contribution in [3.63, 3.8) is 0 Å². The molecule has 0 fully saturated rings. The summed E-state index contributed by atoms with van der Waals surface area (Å²) in [4.78, 5) is 12.2.